The molecule has 0 saturated heterocycles. The third-order valence-electron chi connectivity index (χ3n) is 6.92. The fourth-order valence-electron chi connectivity index (χ4n) is 4.88. The number of para-hydroxylation sites is 2. The summed E-state index contributed by atoms with van der Waals surface area (Å²) in [4.78, 5) is 17.1. The van der Waals surface area contributed by atoms with E-state index in [2.05, 4.69) is 28.1 Å². The highest BCUT2D eigenvalue weighted by atomic mass is 16.5. The minimum absolute atomic E-state index is 0.0843. The molecule has 0 aliphatic heterocycles. The number of aryl methyl sites for hydroxylation is 2. The van der Waals surface area contributed by atoms with E-state index in [4.69, 9.17) is 14.5 Å². The molecule has 1 N–H and O–H groups in total. The maximum Gasteiger partial charge on any atom is 0.224 e. The van der Waals surface area contributed by atoms with Gasteiger partial charge in [-0.15, -0.1) is 0 Å². The molecule has 3 aromatic carbocycles. The summed E-state index contributed by atoms with van der Waals surface area (Å²) in [6, 6.07) is 24.3. The highest BCUT2D eigenvalue weighted by Gasteiger charge is 2.11. The molecule has 4 rings (SSSR count). The third kappa shape index (κ3) is 8.47. The van der Waals surface area contributed by atoms with Crippen molar-refractivity contribution in [3.8, 4) is 11.5 Å². The van der Waals surface area contributed by atoms with Gasteiger partial charge in [0, 0.05) is 19.5 Å². The minimum Gasteiger partial charge on any atom is -0.493 e. The van der Waals surface area contributed by atoms with Crippen LogP contribution in [-0.2, 0) is 24.2 Å². The average Bonchev–Trinajstić information content (AvgIpc) is 3.33. The van der Waals surface area contributed by atoms with Gasteiger partial charge in [0.1, 0.15) is 5.82 Å². The molecule has 1 amide bonds. The lowest BCUT2D eigenvalue weighted by Crippen LogP contribution is -2.26. The molecular formula is C34H41N3O3. The molecule has 210 valence electrons. The Kier molecular flexibility index (Phi) is 11.2. The van der Waals surface area contributed by atoms with Crippen molar-refractivity contribution < 1.29 is 14.3 Å². The zero-order valence-electron chi connectivity index (χ0n) is 23.8. The van der Waals surface area contributed by atoms with Crippen molar-refractivity contribution in [1.29, 1.82) is 0 Å². The molecule has 6 heteroatoms. The van der Waals surface area contributed by atoms with Crippen molar-refractivity contribution in [2.75, 3.05) is 20.3 Å². The van der Waals surface area contributed by atoms with Crippen molar-refractivity contribution in [1.82, 2.24) is 14.9 Å². The van der Waals surface area contributed by atoms with E-state index in [-0.39, 0.29) is 5.91 Å². The summed E-state index contributed by atoms with van der Waals surface area (Å²) in [7, 11) is 1.68. The summed E-state index contributed by atoms with van der Waals surface area (Å²) in [5.41, 5.74) is 4.38. The number of carbonyl (C=O) groups is 1. The first kappa shape index (κ1) is 28.9. The number of aromatic nitrogens is 2. The molecule has 1 aromatic heterocycles. The number of imidazole rings is 1. The van der Waals surface area contributed by atoms with Gasteiger partial charge in [-0.25, -0.2) is 4.98 Å². The van der Waals surface area contributed by atoms with Crippen molar-refractivity contribution in [3.05, 3.63) is 95.8 Å². The molecule has 0 atom stereocenters. The summed E-state index contributed by atoms with van der Waals surface area (Å²) in [5.74, 6) is 2.76. The van der Waals surface area contributed by atoms with Gasteiger partial charge in [-0.3, -0.25) is 4.79 Å². The third-order valence-corrected chi connectivity index (χ3v) is 6.92. The van der Waals surface area contributed by atoms with Gasteiger partial charge in [-0.05, 0) is 68.0 Å². The average molecular weight is 540 g/mol. The van der Waals surface area contributed by atoms with Crippen molar-refractivity contribution in [2.24, 2.45) is 0 Å². The van der Waals surface area contributed by atoms with Crippen molar-refractivity contribution in [2.45, 2.75) is 58.4 Å². The SMILES string of the molecule is C/C=C/c1ccc(OCCCCn2c(CCCCCNC(=O)Cc3ccccc3)nc3ccccc32)c(OC)c1. The van der Waals surface area contributed by atoms with Crippen LogP contribution in [0.4, 0.5) is 0 Å². The number of rotatable bonds is 16. The van der Waals surface area contributed by atoms with E-state index in [0.29, 0.717) is 19.6 Å². The van der Waals surface area contributed by atoms with Crippen molar-refractivity contribution >= 4 is 23.0 Å². The zero-order valence-corrected chi connectivity index (χ0v) is 23.8. The number of amides is 1. The van der Waals surface area contributed by atoms with Gasteiger partial charge in [0.05, 0.1) is 31.2 Å². The summed E-state index contributed by atoms with van der Waals surface area (Å²) >= 11 is 0. The standard InChI is InChI=1S/C34H41N3O3/c1-3-14-27-20-21-31(32(25-27)39-2)40-24-13-12-23-37-30-18-10-9-17-29(30)36-33(37)19-8-5-11-22-35-34(38)26-28-15-6-4-7-16-28/h3-4,6-7,9-10,14-18,20-21,25H,5,8,11-13,19,22-24,26H2,1-2H3,(H,35,38)/b14-3+. The van der Waals surface area contributed by atoms with Crippen LogP contribution in [0.5, 0.6) is 11.5 Å². The number of methoxy groups -OCH3 is 1. The number of ether oxygens (including phenoxy) is 2. The molecule has 0 radical (unpaired) electrons. The van der Waals surface area contributed by atoms with Gasteiger partial charge < -0.3 is 19.4 Å². The lowest BCUT2D eigenvalue weighted by Gasteiger charge is -2.12. The Labute approximate surface area is 238 Å². The van der Waals surface area contributed by atoms with Crippen LogP contribution in [0.2, 0.25) is 0 Å². The molecule has 6 nitrogen and oxygen atoms in total. The fourth-order valence-corrected chi connectivity index (χ4v) is 4.88. The number of nitrogens with one attached hydrogen (secondary N) is 1. The summed E-state index contributed by atoms with van der Waals surface area (Å²) < 4.78 is 13.9. The highest BCUT2D eigenvalue weighted by molar-refractivity contribution is 5.78. The predicted octanol–water partition coefficient (Wildman–Crippen LogP) is 7.01. The van der Waals surface area contributed by atoms with Crippen LogP contribution in [0.3, 0.4) is 0 Å². The number of fused-ring (bicyclic) bond motifs is 1. The van der Waals surface area contributed by atoms with E-state index in [0.717, 1.165) is 79.0 Å². The molecule has 0 aliphatic rings. The van der Waals surface area contributed by atoms with E-state index in [1.165, 1.54) is 5.52 Å². The number of hydrogen-bond acceptors (Lipinski definition) is 4. The molecule has 0 unspecified atom stereocenters. The largest absolute Gasteiger partial charge is 0.493 e. The van der Waals surface area contributed by atoms with Crippen LogP contribution in [0.15, 0.2) is 78.9 Å². The quantitative estimate of drug-likeness (QED) is 0.156. The van der Waals surface area contributed by atoms with Gasteiger partial charge in [0.25, 0.3) is 0 Å². The number of benzene rings is 3. The molecular weight excluding hydrogens is 498 g/mol. The summed E-state index contributed by atoms with van der Waals surface area (Å²) in [6.45, 7) is 4.26. The first-order chi connectivity index (χ1) is 19.7. The van der Waals surface area contributed by atoms with Crippen LogP contribution < -0.4 is 14.8 Å². The Hall–Kier alpha value is -4.06. The second kappa shape index (κ2) is 15.5. The molecule has 0 saturated carbocycles. The molecule has 0 bridgehead atoms. The number of hydrogen-bond donors (Lipinski definition) is 1. The second-order valence-corrected chi connectivity index (χ2v) is 9.96. The van der Waals surface area contributed by atoms with Gasteiger partial charge >= 0.3 is 0 Å². The number of unbranched alkanes of at least 4 members (excludes halogenated alkanes) is 3. The number of nitrogens with zero attached hydrogens (tertiary/aromatic N) is 2. The molecule has 4 aromatic rings. The fraction of sp³-hybridized carbons (Fsp3) is 0.353. The Morgan fingerprint density at radius 3 is 2.58 bits per heavy atom. The number of allylic oxidation sites excluding steroid dienone is 1. The smallest absolute Gasteiger partial charge is 0.224 e. The second-order valence-electron chi connectivity index (χ2n) is 9.96. The maximum absolute atomic E-state index is 12.2. The van der Waals surface area contributed by atoms with Crippen LogP contribution in [0, 0.1) is 0 Å². The Bertz CT molecular complexity index is 1380. The van der Waals surface area contributed by atoms with E-state index in [1.54, 1.807) is 7.11 Å². The molecule has 40 heavy (non-hydrogen) atoms. The highest BCUT2D eigenvalue weighted by Crippen LogP contribution is 2.29. The van der Waals surface area contributed by atoms with Crippen LogP contribution >= 0.6 is 0 Å². The summed E-state index contributed by atoms with van der Waals surface area (Å²) in [6.07, 6.45) is 10.4. The molecule has 0 spiro atoms. The molecule has 1 heterocycles. The van der Waals surface area contributed by atoms with E-state index in [1.807, 2.05) is 73.7 Å². The Balaban J connectivity index is 1.21. The van der Waals surface area contributed by atoms with E-state index >= 15 is 0 Å². The van der Waals surface area contributed by atoms with E-state index in [9.17, 15) is 4.79 Å². The van der Waals surface area contributed by atoms with E-state index < -0.39 is 0 Å². The van der Waals surface area contributed by atoms with Crippen LogP contribution in [-0.4, -0.2) is 35.7 Å². The normalized spacial score (nSPS) is 11.2. The van der Waals surface area contributed by atoms with Crippen LogP contribution in [0.25, 0.3) is 17.1 Å². The molecule has 0 aliphatic carbocycles. The van der Waals surface area contributed by atoms with Gasteiger partial charge in [-0.2, -0.15) is 0 Å². The van der Waals surface area contributed by atoms with Crippen molar-refractivity contribution in [3.63, 3.8) is 0 Å². The lowest BCUT2D eigenvalue weighted by molar-refractivity contribution is -0.120. The maximum atomic E-state index is 12.2. The minimum atomic E-state index is 0.0843. The first-order valence-electron chi connectivity index (χ1n) is 14.4. The first-order valence-corrected chi connectivity index (χ1v) is 14.4. The Morgan fingerprint density at radius 1 is 0.925 bits per heavy atom. The van der Waals surface area contributed by atoms with Gasteiger partial charge in [-0.1, -0.05) is 67.1 Å². The number of carbonyl (C=O) groups excluding carboxylic acids is 1. The zero-order chi connectivity index (χ0) is 28.0. The topological polar surface area (TPSA) is 65.4 Å². The van der Waals surface area contributed by atoms with Gasteiger partial charge in [0.15, 0.2) is 11.5 Å². The lowest BCUT2D eigenvalue weighted by atomic mass is 10.1. The Morgan fingerprint density at radius 2 is 1.75 bits per heavy atom. The summed E-state index contributed by atoms with van der Waals surface area (Å²) in [5, 5.41) is 3.05. The van der Waals surface area contributed by atoms with Crippen LogP contribution in [0.1, 0.15) is 56.0 Å². The predicted molar refractivity (Wildman–Crippen MR) is 163 cm³/mol. The van der Waals surface area contributed by atoms with Gasteiger partial charge in [0.2, 0.25) is 5.91 Å². The monoisotopic (exact) mass is 539 g/mol. The molecule has 0 fully saturated rings.